The maximum Gasteiger partial charge on any atom is 0.191 e. The molecule has 24 heavy (non-hydrogen) atoms. The number of nitrogens with one attached hydrogen (secondary N) is 2. The number of hydrogen-bond donors (Lipinski definition) is 2. The van der Waals surface area contributed by atoms with E-state index in [2.05, 4.69) is 65.5 Å². The lowest BCUT2D eigenvalue weighted by atomic mass is 10.1. The smallest absolute Gasteiger partial charge is 0.191 e. The van der Waals surface area contributed by atoms with E-state index in [0.717, 1.165) is 35.5 Å². The molecule has 128 valence electrons. The minimum Gasteiger partial charge on any atom is -0.357 e. The van der Waals surface area contributed by atoms with E-state index < -0.39 is 0 Å². The molecule has 0 bridgehead atoms. The van der Waals surface area contributed by atoms with Gasteiger partial charge in [0.2, 0.25) is 0 Å². The van der Waals surface area contributed by atoms with E-state index in [1.807, 2.05) is 12.3 Å². The van der Waals surface area contributed by atoms with Gasteiger partial charge in [-0.3, -0.25) is 4.98 Å². The van der Waals surface area contributed by atoms with Crippen LogP contribution in [0, 0.1) is 0 Å². The zero-order valence-corrected chi connectivity index (χ0v) is 15.3. The van der Waals surface area contributed by atoms with E-state index in [9.17, 15) is 0 Å². The molecule has 1 atom stereocenters. The zero-order chi connectivity index (χ0) is 16.8. The van der Waals surface area contributed by atoms with Crippen molar-refractivity contribution in [2.24, 2.45) is 4.99 Å². The van der Waals surface area contributed by atoms with E-state index in [0.29, 0.717) is 11.3 Å². The quantitative estimate of drug-likeness (QED) is 0.644. The Morgan fingerprint density at radius 3 is 2.96 bits per heavy atom. The average molecular weight is 343 g/mol. The third-order valence-corrected chi connectivity index (χ3v) is 5.94. The number of fused-ring (bicyclic) bond motifs is 1. The summed E-state index contributed by atoms with van der Waals surface area (Å²) in [6, 6.07) is 10.3. The van der Waals surface area contributed by atoms with Crippen molar-refractivity contribution in [2.75, 3.05) is 18.8 Å². The fourth-order valence-electron chi connectivity index (χ4n) is 3.05. The second kappa shape index (κ2) is 7.88. The largest absolute Gasteiger partial charge is 0.357 e. The monoisotopic (exact) mass is 342 g/mol. The highest BCUT2D eigenvalue weighted by Crippen LogP contribution is 2.36. The lowest BCUT2D eigenvalue weighted by molar-refractivity contribution is 0.584. The second-order valence-corrected chi connectivity index (χ2v) is 8.13. The molecule has 1 unspecified atom stereocenters. The van der Waals surface area contributed by atoms with Crippen LogP contribution in [0.2, 0.25) is 0 Å². The summed E-state index contributed by atoms with van der Waals surface area (Å²) in [4.78, 5) is 9.28. The molecule has 1 aliphatic rings. The predicted octanol–water partition coefficient (Wildman–Crippen LogP) is 3.58. The summed E-state index contributed by atoms with van der Waals surface area (Å²) in [6.45, 7) is 6.90. The first-order chi connectivity index (χ1) is 11.7. The Morgan fingerprint density at radius 2 is 2.17 bits per heavy atom. The Labute approximate surface area is 148 Å². The first kappa shape index (κ1) is 17.1. The number of pyridine rings is 1. The Kier molecular flexibility index (Phi) is 5.61. The number of aliphatic imine (C=N–C) groups is 1. The molecule has 1 saturated heterocycles. The molecule has 0 saturated carbocycles. The van der Waals surface area contributed by atoms with Crippen LogP contribution in [-0.4, -0.2) is 34.5 Å². The van der Waals surface area contributed by atoms with Crippen LogP contribution in [-0.2, 0) is 6.54 Å². The Bertz CT molecular complexity index is 702. The van der Waals surface area contributed by atoms with Crippen molar-refractivity contribution in [1.29, 1.82) is 0 Å². The number of para-hydroxylation sites is 1. The fourth-order valence-corrected chi connectivity index (χ4v) is 4.29. The van der Waals surface area contributed by atoms with Crippen molar-refractivity contribution in [2.45, 2.75) is 38.0 Å². The lowest BCUT2D eigenvalue weighted by Crippen LogP contribution is -2.43. The number of benzene rings is 1. The van der Waals surface area contributed by atoms with Gasteiger partial charge in [-0.1, -0.05) is 24.3 Å². The minimum atomic E-state index is 0.331. The van der Waals surface area contributed by atoms with E-state index in [4.69, 9.17) is 4.99 Å². The van der Waals surface area contributed by atoms with E-state index >= 15 is 0 Å². The highest BCUT2D eigenvalue weighted by Gasteiger charge is 2.29. The van der Waals surface area contributed by atoms with Crippen LogP contribution in [0.1, 0.15) is 32.3 Å². The molecule has 1 fully saturated rings. The van der Waals surface area contributed by atoms with Crippen LogP contribution in [0.15, 0.2) is 41.5 Å². The van der Waals surface area contributed by atoms with Crippen molar-refractivity contribution < 1.29 is 0 Å². The van der Waals surface area contributed by atoms with Gasteiger partial charge in [0.1, 0.15) is 0 Å². The molecule has 1 aromatic carbocycles. The zero-order valence-electron chi connectivity index (χ0n) is 14.5. The lowest BCUT2D eigenvalue weighted by Gasteiger charge is -2.24. The summed E-state index contributed by atoms with van der Waals surface area (Å²) in [5, 5.41) is 8.04. The molecule has 0 spiro atoms. The van der Waals surface area contributed by atoms with E-state index in [1.165, 1.54) is 18.6 Å². The molecule has 4 nitrogen and oxygen atoms in total. The summed E-state index contributed by atoms with van der Waals surface area (Å²) in [5.74, 6) is 2.16. The van der Waals surface area contributed by atoms with Gasteiger partial charge >= 0.3 is 0 Å². The average Bonchev–Trinajstić information content (AvgIpc) is 3.04. The van der Waals surface area contributed by atoms with Crippen LogP contribution < -0.4 is 10.6 Å². The number of aromatic nitrogens is 1. The third kappa shape index (κ3) is 4.20. The maximum absolute atomic E-state index is 4.77. The third-order valence-electron chi connectivity index (χ3n) is 4.40. The molecule has 0 aliphatic carbocycles. The topological polar surface area (TPSA) is 49.3 Å². The number of rotatable bonds is 5. The number of guanidine groups is 1. The van der Waals surface area contributed by atoms with Gasteiger partial charge in [-0.25, -0.2) is 4.99 Å². The van der Waals surface area contributed by atoms with Gasteiger partial charge < -0.3 is 10.6 Å². The Hall–Kier alpha value is -1.75. The van der Waals surface area contributed by atoms with E-state index in [-0.39, 0.29) is 0 Å². The molecule has 2 heterocycles. The van der Waals surface area contributed by atoms with Gasteiger partial charge in [-0.05, 0) is 44.1 Å². The molecule has 2 N–H and O–H groups in total. The van der Waals surface area contributed by atoms with Gasteiger partial charge in [-0.2, -0.15) is 11.8 Å². The molecule has 3 rings (SSSR count). The standard InChI is InChI=1S/C19H26N4S/c1-3-20-18(23-14-19(2)10-6-12-24-19)22-13-16-8-4-7-15-9-5-11-21-17(15)16/h4-5,7-9,11H,3,6,10,12-14H2,1-2H3,(H2,20,22,23). The molecule has 0 amide bonds. The normalized spacial score (nSPS) is 21.2. The number of thioether (sulfide) groups is 1. The van der Waals surface area contributed by atoms with Gasteiger partial charge in [-0.15, -0.1) is 0 Å². The molecular weight excluding hydrogens is 316 g/mol. The first-order valence-corrected chi connectivity index (χ1v) is 9.67. The molecule has 1 aromatic heterocycles. The van der Waals surface area contributed by atoms with Crippen LogP contribution >= 0.6 is 11.8 Å². The van der Waals surface area contributed by atoms with Crippen LogP contribution in [0.4, 0.5) is 0 Å². The number of nitrogens with zero attached hydrogens (tertiary/aromatic N) is 2. The molecule has 0 radical (unpaired) electrons. The Morgan fingerprint density at radius 1 is 1.29 bits per heavy atom. The van der Waals surface area contributed by atoms with Crippen LogP contribution in [0.25, 0.3) is 10.9 Å². The summed E-state index contributed by atoms with van der Waals surface area (Å²) >= 11 is 2.07. The van der Waals surface area contributed by atoms with E-state index in [1.54, 1.807) is 0 Å². The molecular formula is C19H26N4S. The SMILES string of the molecule is CCNC(=NCc1cccc2cccnc12)NCC1(C)CCCS1. The van der Waals surface area contributed by atoms with Crippen molar-refractivity contribution in [3.63, 3.8) is 0 Å². The van der Waals surface area contributed by atoms with Crippen molar-refractivity contribution >= 4 is 28.6 Å². The van der Waals surface area contributed by atoms with Gasteiger partial charge in [0.25, 0.3) is 0 Å². The predicted molar refractivity (Wildman–Crippen MR) is 105 cm³/mol. The maximum atomic E-state index is 4.77. The van der Waals surface area contributed by atoms with Crippen molar-refractivity contribution in [3.05, 3.63) is 42.1 Å². The summed E-state index contributed by atoms with van der Waals surface area (Å²) < 4.78 is 0.331. The van der Waals surface area contributed by atoms with Crippen LogP contribution in [0.3, 0.4) is 0 Å². The summed E-state index contributed by atoms with van der Waals surface area (Å²) in [7, 11) is 0. The second-order valence-electron chi connectivity index (χ2n) is 6.44. The molecule has 5 heteroatoms. The van der Waals surface area contributed by atoms with Crippen molar-refractivity contribution in [1.82, 2.24) is 15.6 Å². The van der Waals surface area contributed by atoms with Crippen molar-refractivity contribution in [3.8, 4) is 0 Å². The van der Waals surface area contributed by atoms with Gasteiger partial charge in [0.15, 0.2) is 5.96 Å². The van der Waals surface area contributed by atoms with Crippen LogP contribution in [0.5, 0.6) is 0 Å². The number of hydrogen-bond acceptors (Lipinski definition) is 3. The Balaban J connectivity index is 1.70. The van der Waals surface area contributed by atoms with Gasteiger partial charge in [0.05, 0.1) is 12.1 Å². The summed E-state index contributed by atoms with van der Waals surface area (Å²) in [5.41, 5.74) is 2.20. The summed E-state index contributed by atoms with van der Waals surface area (Å²) in [6.07, 6.45) is 4.44. The minimum absolute atomic E-state index is 0.331. The van der Waals surface area contributed by atoms with Gasteiger partial charge in [0, 0.05) is 29.4 Å². The molecule has 2 aromatic rings. The first-order valence-electron chi connectivity index (χ1n) is 8.69. The highest BCUT2D eigenvalue weighted by atomic mass is 32.2. The highest BCUT2D eigenvalue weighted by molar-refractivity contribution is 8.00. The fraction of sp³-hybridized carbons (Fsp3) is 0.474. The molecule has 1 aliphatic heterocycles.